The molecule has 1 aliphatic carbocycles. The number of carbonyl (C=O) groups is 2. The summed E-state index contributed by atoms with van der Waals surface area (Å²) < 4.78 is 0. The number of carbonyl (C=O) groups excluding carboxylic acids is 2. The first-order valence-corrected chi connectivity index (χ1v) is 6.18. The van der Waals surface area contributed by atoms with Gasteiger partial charge < -0.3 is 4.84 Å². The SMILES string of the molecule is CC(NOC(=O)NC(=O)c1cccc([N+](=O)[O-])c1)=C1CC1. The van der Waals surface area contributed by atoms with E-state index in [2.05, 4.69) is 10.3 Å². The van der Waals surface area contributed by atoms with Crippen LogP contribution in [0.1, 0.15) is 30.1 Å². The van der Waals surface area contributed by atoms with E-state index in [1.165, 1.54) is 18.2 Å². The number of rotatable bonds is 4. The Kier molecular flexibility index (Phi) is 4.17. The number of nitro benzene ring substituents is 1. The van der Waals surface area contributed by atoms with E-state index in [4.69, 9.17) is 0 Å². The Morgan fingerprint density at radius 2 is 2.05 bits per heavy atom. The fraction of sp³-hybridized carbons (Fsp3) is 0.231. The lowest BCUT2D eigenvalue weighted by atomic mass is 10.2. The zero-order valence-corrected chi connectivity index (χ0v) is 11.2. The number of benzene rings is 1. The van der Waals surface area contributed by atoms with Crippen LogP contribution in [0.15, 0.2) is 35.5 Å². The van der Waals surface area contributed by atoms with Crippen molar-refractivity contribution in [3.8, 4) is 0 Å². The van der Waals surface area contributed by atoms with Crippen LogP contribution in [0.5, 0.6) is 0 Å². The van der Waals surface area contributed by atoms with Crippen molar-refractivity contribution in [1.29, 1.82) is 0 Å². The number of allylic oxidation sites excluding steroid dienone is 2. The van der Waals surface area contributed by atoms with Crippen molar-refractivity contribution in [3.05, 3.63) is 51.2 Å². The summed E-state index contributed by atoms with van der Waals surface area (Å²) >= 11 is 0. The highest BCUT2D eigenvalue weighted by molar-refractivity contribution is 6.03. The van der Waals surface area contributed by atoms with Gasteiger partial charge in [0.25, 0.3) is 11.6 Å². The monoisotopic (exact) mass is 291 g/mol. The predicted octanol–water partition coefficient (Wildman–Crippen LogP) is 2.03. The van der Waals surface area contributed by atoms with Gasteiger partial charge in [0.05, 0.1) is 4.92 Å². The maximum Gasteiger partial charge on any atom is 0.438 e. The Morgan fingerprint density at radius 1 is 1.33 bits per heavy atom. The van der Waals surface area contributed by atoms with Crippen LogP contribution in [0.4, 0.5) is 10.5 Å². The van der Waals surface area contributed by atoms with Gasteiger partial charge >= 0.3 is 6.09 Å². The van der Waals surface area contributed by atoms with Crippen LogP contribution in [0, 0.1) is 10.1 Å². The molecule has 0 aliphatic heterocycles. The number of hydrogen-bond acceptors (Lipinski definition) is 6. The van der Waals surface area contributed by atoms with E-state index in [-0.39, 0.29) is 11.3 Å². The van der Waals surface area contributed by atoms with Gasteiger partial charge in [-0.3, -0.25) is 20.2 Å². The Balaban J connectivity index is 1.91. The fourth-order valence-corrected chi connectivity index (χ4v) is 1.58. The molecule has 110 valence electrons. The van der Waals surface area contributed by atoms with Gasteiger partial charge in [-0.2, -0.15) is 0 Å². The minimum Gasteiger partial charge on any atom is -0.324 e. The standard InChI is InChI=1S/C13H13N3O5/c1-8(9-5-6-9)15-21-13(18)14-12(17)10-3-2-4-11(7-10)16(19)20/h2-4,7,15H,5-6H2,1H3,(H,14,17,18). The Hall–Kier alpha value is -2.90. The van der Waals surface area contributed by atoms with Crippen molar-refractivity contribution in [3.63, 3.8) is 0 Å². The molecular formula is C13H13N3O5. The van der Waals surface area contributed by atoms with Gasteiger partial charge in [-0.25, -0.2) is 10.3 Å². The average Bonchev–Trinajstić information content (AvgIpc) is 3.29. The first-order valence-electron chi connectivity index (χ1n) is 6.18. The summed E-state index contributed by atoms with van der Waals surface area (Å²) in [5.41, 5.74) is 4.11. The smallest absolute Gasteiger partial charge is 0.324 e. The average molecular weight is 291 g/mol. The van der Waals surface area contributed by atoms with Gasteiger partial charge in [-0.1, -0.05) is 6.07 Å². The molecule has 0 aromatic heterocycles. The molecule has 21 heavy (non-hydrogen) atoms. The number of hydrogen-bond donors (Lipinski definition) is 2. The van der Waals surface area contributed by atoms with Crippen molar-refractivity contribution < 1.29 is 19.3 Å². The van der Waals surface area contributed by atoms with Crippen molar-refractivity contribution >= 4 is 17.7 Å². The van der Waals surface area contributed by atoms with Gasteiger partial charge in [-0.05, 0) is 31.4 Å². The van der Waals surface area contributed by atoms with E-state index < -0.39 is 16.9 Å². The van der Waals surface area contributed by atoms with Crippen molar-refractivity contribution in [2.24, 2.45) is 0 Å². The molecule has 0 radical (unpaired) electrons. The van der Waals surface area contributed by atoms with E-state index in [9.17, 15) is 19.7 Å². The lowest BCUT2D eigenvalue weighted by Crippen LogP contribution is -2.34. The van der Waals surface area contributed by atoms with Crippen LogP contribution in [-0.2, 0) is 4.84 Å². The molecule has 2 amide bonds. The molecule has 1 aromatic carbocycles. The Morgan fingerprint density at radius 3 is 2.67 bits per heavy atom. The molecular weight excluding hydrogens is 278 g/mol. The topological polar surface area (TPSA) is 111 Å². The molecule has 8 heteroatoms. The first-order chi connectivity index (χ1) is 9.97. The second kappa shape index (κ2) is 6.04. The third kappa shape index (κ3) is 4.03. The summed E-state index contributed by atoms with van der Waals surface area (Å²) in [6, 6.07) is 5.05. The highest BCUT2D eigenvalue weighted by Crippen LogP contribution is 2.30. The van der Waals surface area contributed by atoms with Gasteiger partial charge in [0, 0.05) is 23.4 Å². The molecule has 0 atom stereocenters. The number of hydroxylamine groups is 1. The number of nitrogens with one attached hydrogen (secondary N) is 2. The van der Waals surface area contributed by atoms with Gasteiger partial charge in [0.1, 0.15) is 0 Å². The van der Waals surface area contributed by atoms with Crippen molar-refractivity contribution in [2.75, 3.05) is 0 Å². The molecule has 0 saturated heterocycles. The van der Waals surface area contributed by atoms with Crippen LogP contribution in [0.3, 0.4) is 0 Å². The normalized spacial score (nSPS) is 12.3. The lowest BCUT2D eigenvalue weighted by Gasteiger charge is -2.07. The maximum atomic E-state index is 11.7. The third-order valence-corrected chi connectivity index (χ3v) is 2.86. The molecule has 0 bridgehead atoms. The van der Waals surface area contributed by atoms with E-state index in [1.54, 1.807) is 6.92 Å². The van der Waals surface area contributed by atoms with Crippen LogP contribution in [0.2, 0.25) is 0 Å². The molecule has 8 nitrogen and oxygen atoms in total. The van der Waals surface area contributed by atoms with E-state index >= 15 is 0 Å². The summed E-state index contributed by atoms with van der Waals surface area (Å²) in [7, 11) is 0. The first kappa shape index (κ1) is 14.5. The van der Waals surface area contributed by atoms with Crippen LogP contribution in [-0.4, -0.2) is 16.9 Å². The largest absolute Gasteiger partial charge is 0.438 e. The number of amides is 2. The summed E-state index contributed by atoms with van der Waals surface area (Å²) in [5.74, 6) is -0.776. The molecule has 0 heterocycles. The molecule has 1 aromatic rings. The van der Waals surface area contributed by atoms with Gasteiger partial charge in [-0.15, -0.1) is 0 Å². The summed E-state index contributed by atoms with van der Waals surface area (Å²) in [5, 5.41) is 12.6. The van der Waals surface area contributed by atoms with Crippen LogP contribution in [0.25, 0.3) is 0 Å². The molecule has 2 N–H and O–H groups in total. The number of nitro groups is 1. The predicted molar refractivity (Wildman–Crippen MR) is 72.1 cm³/mol. The lowest BCUT2D eigenvalue weighted by molar-refractivity contribution is -0.384. The minimum atomic E-state index is -0.980. The summed E-state index contributed by atoms with van der Waals surface area (Å²) in [4.78, 5) is 37.8. The zero-order valence-electron chi connectivity index (χ0n) is 11.2. The van der Waals surface area contributed by atoms with Crippen LogP contribution >= 0.6 is 0 Å². The highest BCUT2D eigenvalue weighted by atomic mass is 16.7. The molecule has 1 saturated carbocycles. The van der Waals surface area contributed by atoms with Crippen molar-refractivity contribution in [2.45, 2.75) is 19.8 Å². The fourth-order valence-electron chi connectivity index (χ4n) is 1.58. The quantitative estimate of drug-likeness (QED) is 0.648. The molecule has 0 spiro atoms. The molecule has 2 rings (SSSR count). The summed E-state index contributed by atoms with van der Waals surface area (Å²) in [6.07, 6.45) is 0.958. The molecule has 1 fully saturated rings. The highest BCUT2D eigenvalue weighted by Gasteiger charge is 2.17. The minimum absolute atomic E-state index is 0.00146. The Bertz CT molecular complexity index is 632. The van der Waals surface area contributed by atoms with Crippen LogP contribution < -0.4 is 10.8 Å². The second-order valence-electron chi connectivity index (χ2n) is 4.48. The zero-order chi connectivity index (χ0) is 15.4. The number of imide groups is 1. The third-order valence-electron chi connectivity index (χ3n) is 2.86. The number of nitrogens with zero attached hydrogens (tertiary/aromatic N) is 1. The van der Waals surface area contributed by atoms with E-state index in [1.807, 2.05) is 5.32 Å². The maximum absolute atomic E-state index is 11.7. The van der Waals surface area contributed by atoms with E-state index in [0.29, 0.717) is 0 Å². The Labute approximate surface area is 119 Å². The number of non-ortho nitro benzene ring substituents is 1. The van der Waals surface area contributed by atoms with E-state index in [0.717, 1.165) is 30.2 Å². The molecule has 0 unspecified atom stereocenters. The molecule has 1 aliphatic rings. The van der Waals surface area contributed by atoms with Gasteiger partial charge in [0.2, 0.25) is 0 Å². The van der Waals surface area contributed by atoms with Gasteiger partial charge in [0.15, 0.2) is 0 Å². The second-order valence-corrected chi connectivity index (χ2v) is 4.48. The van der Waals surface area contributed by atoms with Crippen molar-refractivity contribution in [1.82, 2.24) is 10.8 Å². The summed E-state index contributed by atoms with van der Waals surface area (Å²) in [6.45, 7) is 1.76.